The van der Waals surface area contributed by atoms with Gasteiger partial charge in [-0.2, -0.15) is 0 Å². The standard InChI is InChI=1S/C14H21NO2.ClH/c1-2-17-13-5-3-4-12(10-13)14(15)11-6-8-16-9-7-11;/h3-5,10-11,14H,2,6-9,15H2,1H3;1H/t14-;/m0./s1. The molecule has 0 radical (unpaired) electrons. The predicted octanol–water partition coefficient (Wildman–Crippen LogP) is 2.93. The number of ether oxygens (including phenoxy) is 2. The molecule has 1 aliphatic heterocycles. The van der Waals surface area contributed by atoms with Gasteiger partial charge in [0, 0.05) is 19.3 Å². The topological polar surface area (TPSA) is 44.5 Å². The maximum absolute atomic E-state index is 6.32. The van der Waals surface area contributed by atoms with Gasteiger partial charge in [0.1, 0.15) is 5.75 Å². The van der Waals surface area contributed by atoms with Gasteiger partial charge in [0.15, 0.2) is 0 Å². The van der Waals surface area contributed by atoms with E-state index in [1.165, 1.54) is 5.56 Å². The van der Waals surface area contributed by atoms with Crippen LogP contribution in [0.3, 0.4) is 0 Å². The largest absolute Gasteiger partial charge is 0.494 e. The molecule has 1 saturated heterocycles. The zero-order chi connectivity index (χ0) is 12.1. The third-order valence-corrected chi connectivity index (χ3v) is 3.33. The maximum Gasteiger partial charge on any atom is 0.119 e. The zero-order valence-corrected chi connectivity index (χ0v) is 11.6. The van der Waals surface area contributed by atoms with Crippen LogP contribution in [-0.2, 0) is 4.74 Å². The molecule has 18 heavy (non-hydrogen) atoms. The molecule has 4 heteroatoms. The van der Waals surface area contributed by atoms with Gasteiger partial charge in [0.05, 0.1) is 6.61 Å². The highest BCUT2D eigenvalue weighted by atomic mass is 35.5. The molecular weight excluding hydrogens is 250 g/mol. The molecule has 0 amide bonds. The minimum absolute atomic E-state index is 0. The Morgan fingerprint density at radius 2 is 2.11 bits per heavy atom. The van der Waals surface area contributed by atoms with Crippen molar-refractivity contribution in [2.75, 3.05) is 19.8 Å². The van der Waals surface area contributed by atoms with Crippen LogP contribution in [0.2, 0.25) is 0 Å². The molecular formula is C14H22ClNO2. The molecule has 1 aromatic carbocycles. The first kappa shape index (κ1) is 15.3. The summed E-state index contributed by atoms with van der Waals surface area (Å²) in [5.74, 6) is 1.44. The average Bonchev–Trinajstić information content (AvgIpc) is 2.40. The molecule has 2 N–H and O–H groups in total. The Labute approximate surface area is 115 Å². The molecule has 1 heterocycles. The summed E-state index contributed by atoms with van der Waals surface area (Å²) in [4.78, 5) is 0. The summed E-state index contributed by atoms with van der Waals surface area (Å²) in [6.07, 6.45) is 2.11. The van der Waals surface area contributed by atoms with Crippen molar-refractivity contribution in [3.63, 3.8) is 0 Å². The average molecular weight is 272 g/mol. The van der Waals surface area contributed by atoms with Gasteiger partial charge in [0.25, 0.3) is 0 Å². The molecule has 1 aliphatic rings. The molecule has 1 fully saturated rings. The zero-order valence-electron chi connectivity index (χ0n) is 10.8. The molecule has 102 valence electrons. The van der Waals surface area contributed by atoms with Gasteiger partial charge in [0.2, 0.25) is 0 Å². The minimum Gasteiger partial charge on any atom is -0.494 e. The fourth-order valence-electron chi connectivity index (χ4n) is 2.33. The second-order valence-electron chi connectivity index (χ2n) is 4.48. The van der Waals surface area contributed by atoms with Crippen LogP contribution >= 0.6 is 12.4 Å². The quantitative estimate of drug-likeness (QED) is 0.916. The SMILES string of the molecule is CCOc1cccc([C@@H](N)C2CCOCC2)c1.Cl. The van der Waals surface area contributed by atoms with Gasteiger partial charge in [-0.3, -0.25) is 0 Å². The predicted molar refractivity (Wildman–Crippen MR) is 75.3 cm³/mol. The first-order valence-corrected chi connectivity index (χ1v) is 6.37. The Balaban J connectivity index is 0.00000162. The highest BCUT2D eigenvalue weighted by molar-refractivity contribution is 5.85. The van der Waals surface area contributed by atoms with Crippen LogP contribution in [0, 0.1) is 5.92 Å². The van der Waals surface area contributed by atoms with Crippen molar-refractivity contribution in [3.05, 3.63) is 29.8 Å². The van der Waals surface area contributed by atoms with Gasteiger partial charge < -0.3 is 15.2 Å². The molecule has 0 bridgehead atoms. The van der Waals surface area contributed by atoms with E-state index in [-0.39, 0.29) is 18.4 Å². The molecule has 3 nitrogen and oxygen atoms in total. The van der Waals surface area contributed by atoms with Crippen LogP contribution in [-0.4, -0.2) is 19.8 Å². The minimum atomic E-state index is 0. The van der Waals surface area contributed by atoms with Crippen LogP contribution in [0.4, 0.5) is 0 Å². The van der Waals surface area contributed by atoms with E-state index in [4.69, 9.17) is 15.2 Å². The lowest BCUT2D eigenvalue weighted by Gasteiger charge is -2.28. The fraction of sp³-hybridized carbons (Fsp3) is 0.571. The number of hydrogen-bond acceptors (Lipinski definition) is 3. The molecule has 0 unspecified atom stereocenters. The lowest BCUT2D eigenvalue weighted by molar-refractivity contribution is 0.0583. The van der Waals surface area contributed by atoms with Crippen molar-refractivity contribution < 1.29 is 9.47 Å². The van der Waals surface area contributed by atoms with Gasteiger partial charge in [-0.1, -0.05) is 12.1 Å². The number of hydrogen-bond donors (Lipinski definition) is 1. The molecule has 0 spiro atoms. The summed E-state index contributed by atoms with van der Waals surface area (Å²) in [5, 5.41) is 0. The summed E-state index contributed by atoms with van der Waals surface area (Å²) >= 11 is 0. The van der Waals surface area contributed by atoms with Gasteiger partial charge in [-0.25, -0.2) is 0 Å². The smallest absolute Gasteiger partial charge is 0.119 e. The van der Waals surface area contributed by atoms with Crippen LogP contribution < -0.4 is 10.5 Å². The van der Waals surface area contributed by atoms with Crippen molar-refractivity contribution in [3.8, 4) is 5.75 Å². The Morgan fingerprint density at radius 3 is 2.78 bits per heavy atom. The number of halogens is 1. The molecule has 2 rings (SSSR count). The normalized spacial score (nSPS) is 17.9. The summed E-state index contributed by atoms with van der Waals surface area (Å²) in [5.41, 5.74) is 7.49. The Bertz CT molecular complexity index is 353. The molecule has 0 saturated carbocycles. The monoisotopic (exact) mass is 271 g/mol. The first-order valence-electron chi connectivity index (χ1n) is 6.37. The van der Waals surface area contributed by atoms with Crippen molar-refractivity contribution in [1.82, 2.24) is 0 Å². The Morgan fingerprint density at radius 1 is 1.39 bits per heavy atom. The van der Waals surface area contributed by atoms with Crippen LogP contribution in [0.25, 0.3) is 0 Å². The Kier molecular flexibility index (Phi) is 6.47. The van der Waals surface area contributed by atoms with E-state index < -0.39 is 0 Å². The highest BCUT2D eigenvalue weighted by Gasteiger charge is 2.22. The van der Waals surface area contributed by atoms with E-state index in [0.29, 0.717) is 12.5 Å². The van der Waals surface area contributed by atoms with E-state index in [9.17, 15) is 0 Å². The molecule has 0 aliphatic carbocycles. The van der Waals surface area contributed by atoms with Crippen LogP contribution in [0.15, 0.2) is 24.3 Å². The van der Waals surface area contributed by atoms with Crippen molar-refractivity contribution in [2.45, 2.75) is 25.8 Å². The summed E-state index contributed by atoms with van der Waals surface area (Å²) in [7, 11) is 0. The van der Waals surface area contributed by atoms with Gasteiger partial charge in [-0.15, -0.1) is 12.4 Å². The van der Waals surface area contributed by atoms with Gasteiger partial charge >= 0.3 is 0 Å². The van der Waals surface area contributed by atoms with Crippen LogP contribution in [0.1, 0.15) is 31.4 Å². The van der Waals surface area contributed by atoms with E-state index in [2.05, 4.69) is 12.1 Å². The van der Waals surface area contributed by atoms with Crippen molar-refractivity contribution >= 4 is 12.4 Å². The third-order valence-electron chi connectivity index (χ3n) is 3.33. The van der Waals surface area contributed by atoms with E-state index >= 15 is 0 Å². The number of benzene rings is 1. The van der Waals surface area contributed by atoms with Crippen molar-refractivity contribution in [1.29, 1.82) is 0 Å². The number of rotatable bonds is 4. The van der Waals surface area contributed by atoms with E-state index in [1.807, 2.05) is 19.1 Å². The third kappa shape index (κ3) is 3.87. The second-order valence-corrected chi connectivity index (χ2v) is 4.48. The van der Waals surface area contributed by atoms with E-state index in [0.717, 1.165) is 31.8 Å². The Hall–Kier alpha value is -0.770. The van der Waals surface area contributed by atoms with Crippen molar-refractivity contribution in [2.24, 2.45) is 11.7 Å². The summed E-state index contributed by atoms with van der Waals surface area (Å²) < 4.78 is 10.9. The maximum atomic E-state index is 6.32. The second kappa shape index (κ2) is 7.62. The fourth-order valence-corrected chi connectivity index (χ4v) is 2.33. The summed E-state index contributed by atoms with van der Waals surface area (Å²) in [6, 6.07) is 8.23. The molecule has 0 aromatic heterocycles. The lowest BCUT2D eigenvalue weighted by atomic mass is 9.88. The van der Waals surface area contributed by atoms with Crippen LogP contribution in [0.5, 0.6) is 5.75 Å². The summed E-state index contributed by atoms with van der Waals surface area (Å²) in [6.45, 7) is 4.36. The lowest BCUT2D eigenvalue weighted by Crippen LogP contribution is -2.27. The highest BCUT2D eigenvalue weighted by Crippen LogP contribution is 2.29. The molecule has 1 aromatic rings. The van der Waals surface area contributed by atoms with E-state index in [1.54, 1.807) is 0 Å². The number of nitrogens with two attached hydrogens (primary N) is 1. The molecule has 1 atom stereocenters. The van der Waals surface area contributed by atoms with Gasteiger partial charge in [-0.05, 0) is 43.4 Å². The first-order chi connectivity index (χ1) is 8.31.